The molecule has 21 heavy (non-hydrogen) atoms. The summed E-state index contributed by atoms with van der Waals surface area (Å²) in [6.07, 6.45) is 1.83. The van der Waals surface area contributed by atoms with Crippen molar-refractivity contribution in [1.82, 2.24) is 9.55 Å². The number of thioether (sulfide) groups is 1. The summed E-state index contributed by atoms with van der Waals surface area (Å²) in [6.45, 7) is 6.24. The van der Waals surface area contributed by atoms with E-state index < -0.39 is 5.97 Å². The molecule has 0 spiro atoms. The van der Waals surface area contributed by atoms with Crippen LogP contribution in [0, 0.1) is 6.92 Å². The largest absolute Gasteiger partial charge is 0.481 e. The van der Waals surface area contributed by atoms with Gasteiger partial charge in [-0.1, -0.05) is 41.5 Å². The van der Waals surface area contributed by atoms with E-state index in [2.05, 4.69) is 40.8 Å². The molecule has 0 saturated carbocycles. The number of imidazole rings is 1. The highest BCUT2D eigenvalue weighted by molar-refractivity contribution is 9.10. The second-order valence-electron chi connectivity index (χ2n) is 5.07. The van der Waals surface area contributed by atoms with Crippen LogP contribution in [0.25, 0.3) is 5.69 Å². The van der Waals surface area contributed by atoms with E-state index in [0.29, 0.717) is 11.1 Å². The Morgan fingerprint density at radius 2 is 2.19 bits per heavy atom. The minimum atomic E-state index is -0.840. The van der Waals surface area contributed by atoms with Crippen LogP contribution in [0.4, 0.5) is 0 Å². The molecule has 0 aliphatic rings. The van der Waals surface area contributed by atoms with E-state index in [1.54, 1.807) is 0 Å². The van der Waals surface area contributed by atoms with Crippen LogP contribution >= 0.6 is 27.7 Å². The van der Waals surface area contributed by atoms with Gasteiger partial charge in [-0.3, -0.25) is 9.36 Å². The fourth-order valence-corrected chi connectivity index (χ4v) is 2.98. The van der Waals surface area contributed by atoms with Crippen LogP contribution in [0.3, 0.4) is 0 Å². The molecule has 1 N–H and O–H groups in total. The molecule has 1 heterocycles. The van der Waals surface area contributed by atoms with Crippen molar-refractivity contribution in [2.24, 2.45) is 0 Å². The molecule has 0 amide bonds. The Morgan fingerprint density at radius 3 is 2.76 bits per heavy atom. The van der Waals surface area contributed by atoms with Crippen LogP contribution in [0.15, 0.2) is 34.0 Å². The number of carboxylic acids is 1. The van der Waals surface area contributed by atoms with Gasteiger partial charge < -0.3 is 5.11 Å². The van der Waals surface area contributed by atoms with Crippen molar-refractivity contribution in [3.63, 3.8) is 0 Å². The number of hydrogen-bond acceptors (Lipinski definition) is 3. The quantitative estimate of drug-likeness (QED) is 0.801. The summed E-state index contributed by atoms with van der Waals surface area (Å²) in [4.78, 5) is 15.2. The van der Waals surface area contributed by atoms with Crippen molar-refractivity contribution in [3.8, 4) is 5.69 Å². The first kappa shape index (κ1) is 16.1. The molecular formula is C15H17BrN2O2S. The van der Waals surface area contributed by atoms with Crippen LogP contribution < -0.4 is 0 Å². The van der Waals surface area contributed by atoms with Crippen LogP contribution in [-0.4, -0.2) is 26.4 Å². The smallest absolute Gasteiger partial charge is 0.313 e. The summed E-state index contributed by atoms with van der Waals surface area (Å²) in [5.74, 6) is -0.530. The molecule has 0 fully saturated rings. The number of rotatable bonds is 5. The summed E-state index contributed by atoms with van der Waals surface area (Å²) in [5, 5.41) is 9.58. The van der Waals surface area contributed by atoms with Crippen molar-refractivity contribution >= 4 is 33.7 Å². The lowest BCUT2D eigenvalue weighted by molar-refractivity contribution is -0.133. The van der Waals surface area contributed by atoms with E-state index in [1.165, 1.54) is 11.8 Å². The first-order chi connectivity index (χ1) is 9.90. The van der Waals surface area contributed by atoms with E-state index in [9.17, 15) is 4.79 Å². The van der Waals surface area contributed by atoms with E-state index in [0.717, 1.165) is 21.4 Å². The van der Waals surface area contributed by atoms with Gasteiger partial charge in [0.15, 0.2) is 5.16 Å². The fraction of sp³-hybridized carbons (Fsp3) is 0.333. The number of benzene rings is 1. The van der Waals surface area contributed by atoms with Crippen molar-refractivity contribution in [3.05, 3.63) is 40.1 Å². The summed E-state index contributed by atoms with van der Waals surface area (Å²) >= 11 is 4.74. The zero-order chi connectivity index (χ0) is 15.6. The van der Waals surface area contributed by atoms with E-state index in [1.807, 2.05) is 29.8 Å². The Balaban J connectivity index is 2.49. The Bertz CT molecular complexity index is 668. The van der Waals surface area contributed by atoms with Gasteiger partial charge in [0.2, 0.25) is 0 Å². The molecule has 0 unspecified atom stereocenters. The van der Waals surface area contributed by atoms with Crippen molar-refractivity contribution < 1.29 is 9.90 Å². The number of hydrogen-bond donors (Lipinski definition) is 1. The highest BCUT2D eigenvalue weighted by atomic mass is 79.9. The summed E-state index contributed by atoms with van der Waals surface area (Å²) < 4.78 is 3.09. The van der Waals surface area contributed by atoms with Crippen LogP contribution in [-0.2, 0) is 4.79 Å². The number of halogens is 1. The lowest BCUT2D eigenvalue weighted by Gasteiger charge is -2.14. The Kier molecular flexibility index (Phi) is 5.11. The third-order valence-electron chi connectivity index (χ3n) is 3.07. The van der Waals surface area contributed by atoms with Gasteiger partial charge in [0.1, 0.15) is 0 Å². The second kappa shape index (κ2) is 6.66. The molecule has 4 nitrogen and oxygen atoms in total. The van der Waals surface area contributed by atoms with Crippen LogP contribution in [0.2, 0.25) is 0 Å². The molecule has 1 aromatic heterocycles. The van der Waals surface area contributed by atoms with Gasteiger partial charge in [0.25, 0.3) is 0 Å². The minimum Gasteiger partial charge on any atom is -0.481 e. The predicted octanol–water partition coefficient (Wildman–Crippen LogP) is 4.24. The lowest BCUT2D eigenvalue weighted by Crippen LogP contribution is -2.05. The second-order valence-corrected chi connectivity index (χ2v) is 6.87. The molecule has 1 aromatic carbocycles. The van der Waals surface area contributed by atoms with Gasteiger partial charge in [-0.15, -0.1) is 0 Å². The number of carboxylic acid groups (broad SMARTS) is 1. The Hall–Kier alpha value is -1.27. The topological polar surface area (TPSA) is 55.1 Å². The van der Waals surface area contributed by atoms with Crippen molar-refractivity contribution in [1.29, 1.82) is 0 Å². The molecule has 6 heteroatoms. The number of aliphatic carboxylic acids is 1. The van der Waals surface area contributed by atoms with Gasteiger partial charge in [-0.25, -0.2) is 4.98 Å². The molecule has 2 aromatic rings. The molecule has 2 rings (SSSR count). The normalized spacial score (nSPS) is 11.1. The van der Waals surface area contributed by atoms with Crippen LogP contribution in [0.1, 0.15) is 31.0 Å². The molecule has 0 radical (unpaired) electrons. The monoisotopic (exact) mass is 368 g/mol. The van der Waals surface area contributed by atoms with Crippen molar-refractivity contribution in [2.75, 3.05) is 5.75 Å². The van der Waals surface area contributed by atoms with Gasteiger partial charge in [0, 0.05) is 15.9 Å². The van der Waals surface area contributed by atoms with Crippen molar-refractivity contribution in [2.45, 2.75) is 31.8 Å². The van der Waals surface area contributed by atoms with Gasteiger partial charge in [-0.2, -0.15) is 0 Å². The van der Waals surface area contributed by atoms with Crippen LogP contribution in [0.5, 0.6) is 0 Å². The lowest BCUT2D eigenvalue weighted by atomic mass is 10.1. The SMILES string of the molecule is Cc1cc(-n2c(C(C)C)cnc2SCC(=O)O)ccc1Br. The molecule has 0 saturated heterocycles. The average Bonchev–Trinajstić information content (AvgIpc) is 2.83. The molecule has 0 aliphatic carbocycles. The summed E-state index contributed by atoms with van der Waals surface area (Å²) in [7, 11) is 0. The standard InChI is InChI=1S/C15H17BrN2O2S/c1-9(2)13-7-17-15(21-8-14(19)20)18(13)11-4-5-12(16)10(3)6-11/h4-7,9H,8H2,1-3H3,(H,19,20). The first-order valence-electron chi connectivity index (χ1n) is 6.59. The zero-order valence-corrected chi connectivity index (χ0v) is 14.5. The zero-order valence-electron chi connectivity index (χ0n) is 12.1. The Labute approximate surface area is 136 Å². The minimum absolute atomic E-state index is 0.00403. The maximum absolute atomic E-state index is 10.8. The van der Waals surface area contributed by atoms with Gasteiger partial charge in [-0.05, 0) is 36.6 Å². The molecule has 0 bridgehead atoms. The predicted molar refractivity (Wildman–Crippen MR) is 88.4 cm³/mol. The highest BCUT2D eigenvalue weighted by Gasteiger charge is 2.16. The van der Waals surface area contributed by atoms with E-state index in [-0.39, 0.29) is 5.75 Å². The van der Waals surface area contributed by atoms with Gasteiger partial charge >= 0.3 is 5.97 Å². The highest BCUT2D eigenvalue weighted by Crippen LogP contribution is 2.29. The third-order valence-corrected chi connectivity index (χ3v) is 4.90. The molecule has 0 aliphatic heterocycles. The first-order valence-corrected chi connectivity index (χ1v) is 8.36. The molecule has 0 atom stereocenters. The third kappa shape index (κ3) is 3.68. The van der Waals surface area contributed by atoms with Gasteiger partial charge in [0.05, 0.1) is 11.9 Å². The summed E-state index contributed by atoms with van der Waals surface area (Å²) in [5.41, 5.74) is 3.21. The number of aryl methyl sites for hydroxylation is 1. The maximum atomic E-state index is 10.8. The fourth-order valence-electron chi connectivity index (χ4n) is 2.01. The summed E-state index contributed by atoms with van der Waals surface area (Å²) in [6, 6.07) is 6.08. The van der Waals surface area contributed by atoms with E-state index >= 15 is 0 Å². The number of carbonyl (C=O) groups is 1. The average molecular weight is 369 g/mol. The Morgan fingerprint density at radius 1 is 1.48 bits per heavy atom. The number of nitrogens with zero attached hydrogens (tertiary/aromatic N) is 2. The van der Waals surface area contributed by atoms with E-state index in [4.69, 9.17) is 5.11 Å². The molecular weight excluding hydrogens is 352 g/mol. The molecule has 112 valence electrons. The number of aromatic nitrogens is 2. The maximum Gasteiger partial charge on any atom is 0.313 e.